The number of carbonyl (C=O) groups excluding carboxylic acids is 1. The minimum absolute atomic E-state index is 0.0866. The van der Waals surface area contributed by atoms with E-state index in [1.165, 1.54) is 4.40 Å². The Morgan fingerprint density at radius 3 is 2.67 bits per heavy atom. The zero-order valence-corrected chi connectivity index (χ0v) is 13.3. The van der Waals surface area contributed by atoms with Crippen LogP contribution in [0, 0.1) is 5.41 Å². The molecule has 0 spiro atoms. The lowest BCUT2D eigenvalue weighted by atomic mass is 9.74. The predicted molar refractivity (Wildman–Crippen MR) is 85.6 cm³/mol. The van der Waals surface area contributed by atoms with Gasteiger partial charge in [0.2, 0.25) is 5.91 Å². The Morgan fingerprint density at radius 1 is 1.25 bits per heavy atom. The van der Waals surface area contributed by atoms with Crippen LogP contribution in [-0.4, -0.2) is 37.7 Å². The minimum atomic E-state index is -0.891. The molecule has 0 radical (unpaired) electrons. The number of aliphatic carboxylic acids is 1. The second-order valence-corrected chi connectivity index (χ2v) is 6.29. The van der Waals surface area contributed by atoms with Crippen molar-refractivity contribution in [2.45, 2.75) is 38.6 Å². The summed E-state index contributed by atoms with van der Waals surface area (Å²) in [4.78, 5) is 35.9. The number of hydrogen-bond donors (Lipinski definition) is 2. The van der Waals surface area contributed by atoms with Crippen molar-refractivity contribution < 1.29 is 14.7 Å². The monoisotopic (exact) mass is 332 g/mol. The smallest absolute Gasteiger partial charge is 0.350 e. The highest BCUT2D eigenvalue weighted by Gasteiger charge is 2.39. The Bertz CT molecular complexity index is 817. The predicted octanol–water partition coefficient (Wildman–Crippen LogP) is 0.647. The summed E-state index contributed by atoms with van der Waals surface area (Å²) in [5, 5.41) is 16.3. The number of rotatable bonds is 5. The summed E-state index contributed by atoms with van der Waals surface area (Å²) in [5.74, 6) is -1.28. The first kappa shape index (κ1) is 16.2. The van der Waals surface area contributed by atoms with Gasteiger partial charge in [-0.25, -0.2) is 9.48 Å². The van der Waals surface area contributed by atoms with Crippen LogP contribution < -0.4 is 11.0 Å². The molecule has 2 N–H and O–H groups in total. The largest absolute Gasteiger partial charge is 0.481 e. The van der Waals surface area contributed by atoms with Gasteiger partial charge in [-0.05, 0) is 25.0 Å². The first-order chi connectivity index (χ1) is 11.5. The molecule has 0 aromatic carbocycles. The third kappa shape index (κ3) is 3.04. The number of aromatic nitrogens is 3. The van der Waals surface area contributed by atoms with Gasteiger partial charge in [-0.3, -0.25) is 14.0 Å². The van der Waals surface area contributed by atoms with Crippen molar-refractivity contribution in [2.75, 3.05) is 6.54 Å². The highest BCUT2D eigenvalue weighted by atomic mass is 16.4. The molecule has 3 rings (SSSR count). The average Bonchev–Trinajstić information content (AvgIpc) is 2.90. The van der Waals surface area contributed by atoms with Crippen molar-refractivity contribution in [3.05, 3.63) is 34.9 Å². The number of fused-ring (bicyclic) bond motifs is 1. The molecule has 2 aromatic rings. The Morgan fingerprint density at radius 2 is 2.00 bits per heavy atom. The topological polar surface area (TPSA) is 106 Å². The zero-order valence-electron chi connectivity index (χ0n) is 13.3. The Hall–Kier alpha value is -2.64. The van der Waals surface area contributed by atoms with E-state index in [2.05, 4.69) is 10.4 Å². The van der Waals surface area contributed by atoms with E-state index in [1.54, 1.807) is 24.4 Å². The van der Waals surface area contributed by atoms with Crippen LogP contribution >= 0.6 is 0 Å². The molecule has 1 saturated carbocycles. The van der Waals surface area contributed by atoms with E-state index in [4.69, 9.17) is 0 Å². The van der Waals surface area contributed by atoms with Gasteiger partial charge in [-0.1, -0.05) is 25.3 Å². The third-order valence-electron chi connectivity index (χ3n) is 4.67. The molecule has 0 aliphatic heterocycles. The number of carbonyl (C=O) groups is 2. The van der Waals surface area contributed by atoms with E-state index in [9.17, 15) is 19.5 Å². The maximum atomic E-state index is 12.1. The van der Waals surface area contributed by atoms with Crippen molar-refractivity contribution in [3.8, 4) is 0 Å². The average molecular weight is 332 g/mol. The molecule has 0 saturated heterocycles. The van der Waals surface area contributed by atoms with Gasteiger partial charge in [0.15, 0.2) is 5.65 Å². The van der Waals surface area contributed by atoms with Crippen LogP contribution in [0.4, 0.5) is 0 Å². The summed E-state index contributed by atoms with van der Waals surface area (Å²) in [6.45, 7) is -0.139. The van der Waals surface area contributed by atoms with Crippen LogP contribution in [0.3, 0.4) is 0 Å². The Labute approximate surface area is 138 Å². The molecular formula is C16H20N4O4. The van der Waals surface area contributed by atoms with Crippen molar-refractivity contribution >= 4 is 17.5 Å². The van der Waals surface area contributed by atoms with Gasteiger partial charge in [0.1, 0.15) is 6.54 Å². The lowest BCUT2D eigenvalue weighted by Gasteiger charge is -2.33. The Balaban J connectivity index is 1.67. The number of amides is 1. The molecule has 8 heteroatoms. The normalized spacial score (nSPS) is 16.8. The third-order valence-corrected chi connectivity index (χ3v) is 4.67. The highest BCUT2D eigenvalue weighted by molar-refractivity contribution is 5.79. The molecule has 1 aliphatic rings. The molecule has 24 heavy (non-hydrogen) atoms. The fourth-order valence-corrected chi connectivity index (χ4v) is 3.23. The maximum Gasteiger partial charge on any atom is 0.350 e. The maximum absolute atomic E-state index is 12.1. The van der Waals surface area contributed by atoms with Crippen LogP contribution in [0.15, 0.2) is 29.2 Å². The van der Waals surface area contributed by atoms with Crippen molar-refractivity contribution in [1.82, 2.24) is 19.5 Å². The molecule has 0 atom stereocenters. The fraction of sp³-hybridized carbons (Fsp3) is 0.500. The molecule has 8 nitrogen and oxygen atoms in total. The fourth-order valence-electron chi connectivity index (χ4n) is 3.23. The van der Waals surface area contributed by atoms with Gasteiger partial charge in [-0.15, -0.1) is 5.10 Å². The number of nitrogens with one attached hydrogen (secondary N) is 1. The molecule has 0 unspecified atom stereocenters. The van der Waals surface area contributed by atoms with Gasteiger partial charge < -0.3 is 10.4 Å². The lowest BCUT2D eigenvalue weighted by molar-refractivity contribution is -0.151. The van der Waals surface area contributed by atoms with Gasteiger partial charge in [0, 0.05) is 12.7 Å². The first-order valence-electron chi connectivity index (χ1n) is 8.06. The zero-order chi connectivity index (χ0) is 17.2. The van der Waals surface area contributed by atoms with Crippen LogP contribution in [0.2, 0.25) is 0 Å². The van der Waals surface area contributed by atoms with E-state index in [-0.39, 0.29) is 13.1 Å². The summed E-state index contributed by atoms with van der Waals surface area (Å²) in [6, 6.07) is 5.14. The van der Waals surface area contributed by atoms with Crippen molar-refractivity contribution in [3.63, 3.8) is 0 Å². The van der Waals surface area contributed by atoms with Crippen LogP contribution in [0.5, 0.6) is 0 Å². The second-order valence-electron chi connectivity index (χ2n) is 6.29. The van der Waals surface area contributed by atoms with Crippen molar-refractivity contribution in [1.29, 1.82) is 0 Å². The number of carboxylic acids is 1. The minimum Gasteiger partial charge on any atom is -0.481 e. The van der Waals surface area contributed by atoms with Crippen LogP contribution in [0.1, 0.15) is 32.1 Å². The number of hydrogen-bond acceptors (Lipinski definition) is 4. The van der Waals surface area contributed by atoms with E-state index < -0.39 is 23.0 Å². The number of carboxylic acid groups (broad SMARTS) is 1. The standard InChI is InChI=1S/C16H20N4O4/c21-13(17-11-16(14(22)23)7-3-1-4-8-16)10-20-15(24)19-9-5-2-6-12(19)18-20/h2,5-6,9H,1,3-4,7-8,10-11H2,(H,17,21)(H,22,23). The lowest BCUT2D eigenvalue weighted by Crippen LogP contribution is -2.45. The van der Waals surface area contributed by atoms with E-state index >= 15 is 0 Å². The molecule has 1 fully saturated rings. The van der Waals surface area contributed by atoms with Gasteiger partial charge in [0.25, 0.3) is 0 Å². The molecule has 2 heterocycles. The van der Waals surface area contributed by atoms with E-state index in [0.29, 0.717) is 18.5 Å². The van der Waals surface area contributed by atoms with E-state index in [0.717, 1.165) is 23.9 Å². The van der Waals surface area contributed by atoms with Crippen LogP contribution in [0.25, 0.3) is 5.65 Å². The van der Waals surface area contributed by atoms with E-state index in [1.807, 2.05) is 0 Å². The number of nitrogens with zero attached hydrogens (tertiary/aromatic N) is 3. The quantitative estimate of drug-likeness (QED) is 0.836. The van der Waals surface area contributed by atoms with Crippen molar-refractivity contribution in [2.24, 2.45) is 5.41 Å². The van der Waals surface area contributed by atoms with Crippen LogP contribution in [-0.2, 0) is 16.1 Å². The summed E-state index contributed by atoms with van der Waals surface area (Å²) in [5.41, 5.74) is -0.825. The molecule has 2 aromatic heterocycles. The molecule has 128 valence electrons. The first-order valence-corrected chi connectivity index (χ1v) is 8.06. The molecule has 1 aliphatic carbocycles. The number of pyridine rings is 1. The summed E-state index contributed by atoms with van der Waals surface area (Å²) < 4.78 is 2.44. The van der Waals surface area contributed by atoms with Gasteiger partial charge in [0.05, 0.1) is 5.41 Å². The highest BCUT2D eigenvalue weighted by Crippen LogP contribution is 2.35. The molecule has 1 amide bonds. The second kappa shape index (κ2) is 6.46. The molecule has 0 bridgehead atoms. The summed E-state index contributed by atoms with van der Waals surface area (Å²) >= 11 is 0. The van der Waals surface area contributed by atoms with Gasteiger partial charge in [-0.2, -0.15) is 0 Å². The SMILES string of the molecule is O=C(Cn1nc2ccccn2c1=O)NCC1(C(=O)O)CCCCC1. The summed E-state index contributed by atoms with van der Waals surface area (Å²) in [7, 11) is 0. The Kier molecular flexibility index (Phi) is 4.37. The molecular weight excluding hydrogens is 312 g/mol. The van der Waals surface area contributed by atoms with Gasteiger partial charge >= 0.3 is 11.7 Å². The summed E-state index contributed by atoms with van der Waals surface area (Å²) in [6.07, 6.45) is 5.45.